The molecule has 1 aromatic carbocycles. The number of rotatable bonds is 6. The van der Waals surface area contributed by atoms with E-state index in [1.807, 2.05) is 0 Å². The summed E-state index contributed by atoms with van der Waals surface area (Å²) in [6.07, 6.45) is -5.41. The lowest BCUT2D eigenvalue weighted by molar-refractivity contribution is -0.181. The molecular weight excluding hydrogens is 511 g/mol. The van der Waals surface area contributed by atoms with Gasteiger partial charge >= 0.3 is 6.18 Å². The number of aromatic hydroxyl groups is 1. The molecule has 2 saturated carbocycles. The number of amides is 1. The van der Waals surface area contributed by atoms with Crippen LogP contribution >= 0.6 is 0 Å². The van der Waals surface area contributed by atoms with E-state index in [2.05, 4.69) is 5.32 Å². The fourth-order valence-electron chi connectivity index (χ4n) is 6.22. The van der Waals surface area contributed by atoms with Gasteiger partial charge in [-0.25, -0.2) is 0 Å². The molecule has 1 amide bonds. The highest BCUT2D eigenvalue weighted by molar-refractivity contribution is 6.32. The smallest absolute Gasteiger partial charge is 0.390 e. The molecule has 0 heterocycles. The van der Waals surface area contributed by atoms with Gasteiger partial charge in [0.05, 0.1) is 23.9 Å². The van der Waals surface area contributed by atoms with Crippen LogP contribution in [0.4, 0.5) is 13.2 Å². The van der Waals surface area contributed by atoms with Crippen LogP contribution in [0, 0.1) is 23.7 Å². The highest BCUT2D eigenvalue weighted by atomic mass is 19.4. The largest absolute Gasteiger partial charge is 0.507 e. The van der Waals surface area contributed by atoms with E-state index < -0.39 is 89.2 Å². The summed E-state index contributed by atoms with van der Waals surface area (Å²) in [7, 11) is 2.99. The van der Waals surface area contributed by atoms with Crippen LogP contribution in [0.1, 0.15) is 34.3 Å². The Morgan fingerprint density at radius 1 is 1.18 bits per heavy atom. The van der Waals surface area contributed by atoms with E-state index in [4.69, 9.17) is 5.73 Å². The summed E-state index contributed by atoms with van der Waals surface area (Å²) in [5.41, 5.74) is 2.80. The topological polar surface area (TPSA) is 167 Å². The molecule has 206 valence electrons. The third-order valence-electron chi connectivity index (χ3n) is 7.92. The van der Waals surface area contributed by atoms with Crippen molar-refractivity contribution in [3.05, 3.63) is 28.8 Å². The molecule has 10 nitrogen and oxygen atoms in total. The number of nitrogens with two attached hydrogens (primary N) is 1. The van der Waals surface area contributed by atoms with Gasteiger partial charge in [0.2, 0.25) is 5.91 Å². The van der Waals surface area contributed by atoms with Crippen molar-refractivity contribution in [2.24, 2.45) is 29.4 Å². The zero-order valence-electron chi connectivity index (χ0n) is 20.7. The average molecular weight is 540 g/mol. The number of nitrogens with one attached hydrogen (secondary N) is 1. The molecule has 2 fully saturated rings. The van der Waals surface area contributed by atoms with E-state index in [9.17, 15) is 47.4 Å². The molecule has 2 unspecified atom stereocenters. The highest BCUT2D eigenvalue weighted by Gasteiger charge is 2.69. The van der Waals surface area contributed by atoms with Crippen molar-refractivity contribution in [3.63, 3.8) is 0 Å². The Labute approximate surface area is 215 Å². The van der Waals surface area contributed by atoms with Crippen LogP contribution in [0.5, 0.6) is 5.75 Å². The predicted molar refractivity (Wildman–Crippen MR) is 124 cm³/mol. The van der Waals surface area contributed by atoms with Crippen molar-refractivity contribution >= 4 is 29.0 Å². The number of fused-ring (bicyclic) bond motifs is 3. The second kappa shape index (κ2) is 9.54. The van der Waals surface area contributed by atoms with Gasteiger partial charge in [-0.2, -0.15) is 13.2 Å². The number of Topliss-reactive ketones (excluding diaryl/α,β-unsaturated/α-hetero) is 4. The van der Waals surface area contributed by atoms with Crippen LogP contribution in [-0.2, 0) is 32.1 Å². The average Bonchev–Trinajstić information content (AvgIpc) is 2.79. The van der Waals surface area contributed by atoms with Gasteiger partial charge in [0, 0.05) is 24.6 Å². The summed E-state index contributed by atoms with van der Waals surface area (Å²) >= 11 is 0. The van der Waals surface area contributed by atoms with Gasteiger partial charge in [-0.1, -0.05) is 12.1 Å². The first-order valence-corrected chi connectivity index (χ1v) is 12.1. The SMILES string of the molecule is CN(C)[C@@H]1C(=O)C(C(N)=O)C(=O)[C@@]2(O)C(=O)C3C(=O)c4c(ccc(CNCCC(F)(F)F)c4O)C[C@H]3C[C@@H]12. The second-order valence-corrected chi connectivity index (χ2v) is 10.4. The maximum atomic E-state index is 13.7. The van der Waals surface area contributed by atoms with Gasteiger partial charge in [0.25, 0.3) is 0 Å². The Balaban J connectivity index is 1.69. The van der Waals surface area contributed by atoms with Crippen LogP contribution in [0.2, 0.25) is 0 Å². The van der Waals surface area contributed by atoms with Gasteiger partial charge in [-0.3, -0.25) is 28.9 Å². The number of halogens is 3. The molecular formula is C25H28F3N3O7. The third kappa shape index (κ3) is 4.31. The fraction of sp³-hybridized carbons (Fsp3) is 0.560. The first-order chi connectivity index (χ1) is 17.6. The number of benzene rings is 1. The van der Waals surface area contributed by atoms with Crippen LogP contribution in [0.3, 0.4) is 0 Å². The van der Waals surface area contributed by atoms with Crippen molar-refractivity contribution in [1.82, 2.24) is 10.2 Å². The molecule has 0 radical (unpaired) electrons. The number of hydrogen-bond acceptors (Lipinski definition) is 9. The van der Waals surface area contributed by atoms with E-state index in [-0.39, 0.29) is 30.5 Å². The molecule has 0 spiro atoms. The fourth-order valence-corrected chi connectivity index (χ4v) is 6.22. The van der Waals surface area contributed by atoms with Gasteiger partial charge < -0.3 is 21.3 Å². The number of ketones is 4. The Bertz CT molecular complexity index is 1230. The predicted octanol–water partition coefficient (Wildman–Crippen LogP) is -0.0910. The second-order valence-electron chi connectivity index (χ2n) is 10.4. The lowest BCUT2D eigenvalue weighted by Gasteiger charge is -2.52. The molecule has 0 bridgehead atoms. The number of primary amides is 1. The number of likely N-dealkylation sites (N-methyl/N-ethyl adjacent to an activating group) is 1. The number of alkyl halides is 3. The highest BCUT2D eigenvalue weighted by Crippen LogP contribution is 2.50. The Hall–Kier alpha value is -3.16. The normalized spacial score (nSPS) is 31.2. The van der Waals surface area contributed by atoms with Crippen molar-refractivity contribution < 1.29 is 47.4 Å². The van der Waals surface area contributed by atoms with Crippen molar-refractivity contribution in [2.75, 3.05) is 20.6 Å². The third-order valence-corrected chi connectivity index (χ3v) is 7.92. The molecule has 0 saturated heterocycles. The molecule has 0 aromatic heterocycles. The van der Waals surface area contributed by atoms with Crippen molar-refractivity contribution in [3.8, 4) is 5.75 Å². The number of carbonyl (C=O) groups is 5. The Kier molecular flexibility index (Phi) is 7.00. The van der Waals surface area contributed by atoms with Crippen LogP contribution in [-0.4, -0.2) is 82.6 Å². The number of nitrogens with zero attached hydrogens (tertiary/aromatic N) is 1. The Morgan fingerprint density at radius 2 is 1.84 bits per heavy atom. The Morgan fingerprint density at radius 3 is 2.42 bits per heavy atom. The maximum Gasteiger partial charge on any atom is 0.390 e. The summed E-state index contributed by atoms with van der Waals surface area (Å²) in [5.74, 6) is -11.5. The van der Waals surface area contributed by atoms with E-state index in [1.165, 1.54) is 25.1 Å². The summed E-state index contributed by atoms with van der Waals surface area (Å²) in [6.45, 7) is -0.595. The maximum absolute atomic E-state index is 13.7. The van der Waals surface area contributed by atoms with E-state index in [1.54, 1.807) is 6.07 Å². The lowest BCUT2D eigenvalue weighted by Crippen LogP contribution is -2.74. The minimum absolute atomic E-state index is 0.0641. The number of phenols is 1. The van der Waals surface area contributed by atoms with E-state index in [0.29, 0.717) is 5.56 Å². The van der Waals surface area contributed by atoms with Crippen LogP contribution in [0.15, 0.2) is 12.1 Å². The quantitative estimate of drug-likeness (QED) is 0.285. The van der Waals surface area contributed by atoms with Crippen molar-refractivity contribution in [2.45, 2.75) is 43.6 Å². The molecule has 3 aliphatic rings. The monoisotopic (exact) mass is 539 g/mol. The molecule has 5 N–H and O–H groups in total. The zero-order valence-corrected chi connectivity index (χ0v) is 20.7. The molecule has 0 aliphatic heterocycles. The molecule has 4 rings (SSSR count). The molecule has 1 aromatic rings. The van der Waals surface area contributed by atoms with Gasteiger partial charge in [0.1, 0.15) is 5.75 Å². The first kappa shape index (κ1) is 27.9. The standard InChI is InChI=1S/C25H28F3N3O7/c1-31(2)17-13-8-12-7-10-3-4-11(9-30-6-5-24(26,27)28)18(32)14(10)19(33)15(12)21(35)25(13,38)22(36)16(20(17)34)23(29)37/h3-4,12-13,15-17,30,32,38H,5-9H2,1-2H3,(H2,29,37)/t12-,13-,15?,16?,17-,25-/m0/s1. The minimum atomic E-state index is -4.37. The number of carbonyl (C=O) groups excluding carboxylic acids is 5. The van der Waals surface area contributed by atoms with E-state index >= 15 is 0 Å². The number of aliphatic hydroxyl groups is 1. The van der Waals surface area contributed by atoms with Crippen LogP contribution < -0.4 is 11.1 Å². The van der Waals surface area contributed by atoms with Crippen LogP contribution in [0.25, 0.3) is 0 Å². The lowest BCUT2D eigenvalue weighted by atomic mass is 9.52. The first-order valence-electron chi connectivity index (χ1n) is 12.1. The summed E-state index contributed by atoms with van der Waals surface area (Å²) in [4.78, 5) is 66.9. The van der Waals surface area contributed by atoms with Gasteiger partial charge in [-0.05, 0) is 38.4 Å². The summed E-state index contributed by atoms with van der Waals surface area (Å²) in [5, 5.41) is 24.9. The molecule has 6 atom stereocenters. The molecule has 38 heavy (non-hydrogen) atoms. The van der Waals surface area contributed by atoms with E-state index in [0.717, 1.165) is 0 Å². The zero-order chi connectivity index (χ0) is 28.3. The minimum Gasteiger partial charge on any atom is -0.507 e. The molecule has 3 aliphatic carbocycles. The van der Waals surface area contributed by atoms with Gasteiger partial charge in [0.15, 0.2) is 34.7 Å². The summed E-state index contributed by atoms with van der Waals surface area (Å²) < 4.78 is 37.2. The van der Waals surface area contributed by atoms with Gasteiger partial charge in [-0.15, -0.1) is 0 Å². The number of hydrogen-bond donors (Lipinski definition) is 4. The summed E-state index contributed by atoms with van der Waals surface area (Å²) in [6, 6.07) is 1.82. The number of phenolic OH excluding ortho intramolecular Hbond substituents is 1. The van der Waals surface area contributed by atoms with Crippen molar-refractivity contribution in [1.29, 1.82) is 0 Å². The molecule has 13 heteroatoms.